The second kappa shape index (κ2) is 10.5. The zero-order valence-electron chi connectivity index (χ0n) is 20.4. The summed E-state index contributed by atoms with van der Waals surface area (Å²) in [5.74, 6) is -0.434. The number of nitrogens with zero attached hydrogens (tertiary/aromatic N) is 2. The molecule has 2 atom stereocenters. The van der Waals surface area contributed by atoms with Gasteiger partial charge in [0.15, 0.2) is 0 Å². The molecule has 1 amide bonds. The molecule has 2 N–H and O–H groups in total. The van der Waals surface area contributed by atoms with Crippen molar-refractivity contribution in [1.29, 1.82) is 0 Å². The lowest BCUT2D eigenvalue weighted by atomic mass is 9.74. The molecule has 1 aromatic heterocycles. The summed E-state index contributed by atoms with van der Waals surface area (Å²) in [6, 6.07) is 12.4. The average Bonchev–Trinajstić information content (AvgIpc) is 3.35. The number of benzene rings is 2. The maximum absolute atomic E-state index is 13.8. The van der Waals surface area contributed by atoms with Crippen LogP contribution in [0, 0.1) is 11.6 Å². The minimum absolute atomic E-state index is 0.173. The predicted octanol–water partition coefficient (Wildman–Crippen LogP) is 6.32. The molecule has 0 bridgehead atoms. The molecule has 1 aliphatic rings. The molecule has 2 aromatic carbocycles. The van der Waals surface area contributed by atoms with Gasteiger partial charge in [-0.1, -0.05) is 44.0 Å². The highest BCUT2D eigenvalue weighted by atomic mass is 19.1. The molecule has 5 nitrogen and oxygen atoms in total. The van der Waals surface area contributed by atoms with Crippen molar-refractivity contribution in [3.05, 3.63) is 88.7 Å². The number of hydrogen-bond acceptors (Lipinski definition) is 4. The van der Waals surface area contributed by atoms with Gasteiger partial charge in [0.1, 0.15) is 11.6 Å². The van der Waals surface area contributed by atoms with Crippen molar-refractivity contribution < 1.29 is 13.6 Å². The first-order chi connectivity index (χ1) is 16.8. The Morgan fingerprint density at radius 2 is 1.60 bits per heavy atom. The van der Waals surface area contributed by atoms with Crippen molar-refractivity contribution in [3.8, 4) is 0 Å². The molecule has 0 spiro atoms. The number of carbonyl (C=O) groups excluding carboxylic acids is 1. The molecule has 1 aliphatic carbocycles. The Kier molecular flexibility index (Phi) is 7.43. The monoisotopic (exact) mass is 478 g/mol. The van der Waals surface area contributed by atoms with E-state index in [2.05, 4.69) is 29.5 Å². The first kappa shape index (κ1) is 24.8. The summed E-state index contributed by atoms with van der Waals surface area (Å²) in [6.07, 6.45) is 6.09. The lowest BCUT2D eigenvalue weighted by Gasteiger charge is -2.31. The molecule has 4 rings (SSSR count). The van der Waals surface area contributed by atoms with Crippen molar-refractivity contribution >= 4 is 11.9 Å². The fourth-order valence-electron chi connectivity index (χ4n) is 4.82. The molecule has 3 aromatic rings. The summed E-state index contributed by atoms with van der Waals surface area (Å²) in [6.45, 7) is 5.99. The summed E-state index contributed by atoms with van der Waals surface area (Å²) in [5.41, 5.74) is 2.30. The normalized spacial score (nSPS) is 16.5. The second-order valence-corrected chi connectivity index (χ2v) is 9.45. The van der Waals surface area contributed by atoms with Gasteiger partial charge in [0.05, 0.1) is 17.3 Å². The molecule has 1 saturated carbocycles. The van der Waals surface area contributed by atoms with Gasteiger partial charge in [0.25, 0.3) is 5.91 Å². The minimum atomic E-state index is -0.506. The van der Waals surface area contributed by atoms with Crippen molar-refractivity contribution in [3.63, 3.8) is 0 Å². The molecule has 0 radical (unpaired) electrons. The lowest BCUT2D eigenvalue weighted by Crippen LogP contribution is -2.34. The van der Waals surface area contributed by atoms with Crippen molar-refractivity contribution in [2.45, 2.75) is 70.4 Å². The molecule has 2 unspecified atom stereocenters. The highest BCUT2D eigenvalue weighted by molar-refractivity contribution is 5.96. The van der Waals surface area contributed by atoms with Gasteiger partial charge >= 0.3 is 0 Å². The minimum Gasteiger partial charge on any atom is -0.352 e. The highest BCUT2D eigenvalue weighted by Crippen LogP contribution is 2.47. The number of hydrogen-bond donors (Lipinski definition) is 2. The zero-order valence-corrected chi connectivity index (χ0v) is 20.4. The van der Waals surface area contributed by atoms with Crippen LogP contribution in [0.25, 0.3) is 0 Å². The smallest absolute Gasteiger partial charge is 0.255 e. The Morgan fingerprint density at radius 3 is 2.20 bits per heavy atom. The quantitative estimate of drug-likeness (QED) is 0.398. The SMILES string of the molecule is CCC(C)Nc1ncc(C(=O)NC(C)c2ccc(F)cc2)c(C2(c3ccc(F)cc3)CCCC2)n1. The van der Waals surface area contributed by atoms with Gasteiger partial charge in [-0.05, 0) is 68.5 Å². The van der Waals surface area contributed by atoms with Crippen LogP contribution in [-0.2, 0) is 5.41 Å². The molecule has 35 heavy (non-hydrogen) atoms. The summed E-state index contributed by atoms with van der Waals surface area (Å²) in [4.78, 5) is 22.9. The van der Waals surface area contributed by atoms with Crippen LogP contribution in [0.2, 0.25) is 0 Å². The third-order valence-corrected chi connectivity index (χ3v) is 7.05. The molecule has 7 heteroatoms. The lowest BCUT2D eigenvalue weighted by molar-refractivity contribution is 0.0936. The molecule has 1 heterocycles. The number of amides is 1. The average molecular weight is 479 g/mol. The van der Waals surface area contributed by atoms with Crippen molar-refractivity contribution in [1.82, 2.24) is 15.3 Å². The molecule has 184 valence electrons. The van der Waals surface area contributed by atoms with Gasteiger partial charge in [0, 0.05) is 17.7 Å². The summed E-state index contributed by atoms with van der Waals surface area (Å²) >= 11 is 0. The van der Waals surface area contributed by atoms with Crippen LogP contribution in [0.3, 0.4) is 0 Å². The maximum atomic E-state index is 13.8. The zero-order chi connectivity index (χ0) is 25.0. The Morgan fingerprint density at radius 1 is 1.00 bits per heavy atom. The largest absolute Gasteiger partial charge is 0.352 e. The van der Waals surface area contributed by atoms with E-state index < -0.39 is 5.41 Å². The fourth-order valence-corrected chi connectivity index (χ4v) is 4.82. The van der Waals surface area contributed by atoms with E-state index in [4.69, 9.17) is 4.98 Å². The van der Waals surface area contributed by atoms with Crippen LogP contribution in [-0.4, -0.2) is 21.9 Å². The van der Waals surface area contributed by atoms with Gasteiger partial charge in [-0.3, -0.25) is 4.79 Å². The van der Waals surface area contributed by atoms with E-state index in [9.17, 15) is 13.6 Å². The number of carbonyl (C=O) groups is 1. The van der Waals surface area contributed by atoms with Gasteiger partial charge < -0.3 is 10.6 Å². The van der Waals surface area contributed by atoms with Crippen molar-refractivity contribution in [2.75, 3.05) is 5.32 Å². The van der Waals surface area contributed by atoms with E-state index in [1.54, 1.807) is 30.5 Å². The van der Waals surface area contributed by atoms with Crippen LogP contribution in [0.1, 0.15) is 86.1 Å². The Labute approximate surface area is 205 Å². The highest BCUT2D eigenvalue weighted by Gasteiger charge is 2.42. The number of anilines is 1. The number of rotatable bonds is 8. The molecule has 0 saturated heterocycles. The van der Waals surface area contributed by atoms with Gasteiger partial charge in [-0.2, -0.15) is 0 Å². The number of nitrogens with one attached hydrogen (secondary N) is 2. The van der Waals surface area contributed by atoms with E-state index in [0.29, 0.717) is 17.2 Å². The third kappa shape index (κ3) is 5.34. The first-order valence-corrected chi connectivity index (χ1v) is 12.3. The topological polar surface area (TPSA) is 66.9 Å². The third-order valence-electron chi connectivity index (χ3n) is 7.05. The van der Waals surface area contributed by atoms with Crippen LogP contribution in [0.15, 0.2) is 54.7 Å². The van der Waals surface area contributed by atoms with Crippen LogP contribution in [0.5, 0.6) is 0 Å². The van der Waals surface area contributed by atoms with Crippen LogP contribution in [0.4, 0.5) is 14.7 Å². The molecular weight excluding hydrogens is 446 g/mol. The Hall–Kier alpha value is -3.35. The molecule has 0 aliphatic heterocycles. The van der Waals surface area contributed by atoms with Gasteiger partial charge in [0.2, 0.25) is 5.95 Å². The van der Waals surface area contributed by atoms with Crippen LogP contribution < -0.4 is 10.6 Å². The van der Waals surface area contributed by atoms with E-state index in [1.165, 1.54) is 24.3 Å². The summed E-state index contributed by atoms with van der Waals surface area (Å²) in [7, 11) is 0. The van der Waals surface area contributed by atoms with Gasteiger partial charge in [-0.15, -0.1) is 0 Å². The standard InChI is InChI=1S/C28H32F2N4O/c1-4-18(2)32-27-31-17-24(26(35)33-19(3)20-7-11-22(29)12-8-20)25(34-27)28(15-5-6-16-28)21-9-13-23(30)14-10-21/h7-14,17-19H,4-6,15-16H2,1-3H3,(H,33,35)(H,31,32,34). The van der Waals surface area contributed by atoms with E-state index >= 15 is 0 Å². The second-order valence-electron chi connectivity index (χ2n) is 9.45. The van der Waals surface area contributed by atoms with Gasteiger partial charge in [-0.25, -0.2) is 18.7 Å². The molecular formula is C28H32F2N4O. The fraction of sp³-hybridized carbons (Fsp3) is 0.393. The summed E-state index contributed by atoms with van der Waals surface area (Å²) in [5, 5.41) is 6.35. The Balaban J connectivity index is 1.75. The number of halogens is 2. The predicted molar refractivity (Wildman–Crippen MR) is 133 cm³/mol. The molecule has 1 fully saturated rings. The first-order valence-electron chi connectivity index (χ1n) is 12.3. The van der Waals surface area contributed by atoms with E-state index in [0.717, 1.165) is 43.2 Å². The summed E-state index contributed by atoms with van der Waals surface area (Å²) < 4.78 is 27.1. The van der Waals surface area contributed by atoms with E-state index in [1.807, 2.05) is 6.92 Å². The van der Waals surface area contributed by atoms with Crippen molar-refractivity contribution in [2.24, 2.45) is 0 Å². The Bertz CT molecular complexity index is 1160. The maximum Gasteiger partial charge on any atom is 0.255 e. The van der Waals surface area contributed by atoms with E-state index in [-0.39, 0.29) is 29.6 Å². The number of aromatic nitrogens is 2. The van der Waals surface area contributed by atoms with Crippen LogP contribution >= 0.6 is 0 Å².